The average Bonchev–Trinajstić information content (AvgIpc) is 2.87. The highest BCUT2D eigenvalue weighted by atomic mass is 16.5. The zero-order valence-corrected chi connectivity index (χ0v) is 22.7. The first-order chi connectivity index (χ1) is 17.4. The summed E-state index contributed by atoms with van der Waals surface area (Å²) in [6.07, 6.45) is 13.3. The number of hydrogen-bond acceptors (Lipinski definition) is 4. The summed E-state index contributed by atoms with van der Waals surface area (Å²) >= 11 is 0. The van der Waals surface area contributed by atoms with E-state index in [0.717, 1.165) is 31.2 Å². The summed E-state index contributed by atoms with van der Waals surface area (Å²) in [6.45, 7) is 6.62. The van der Waals surface area contributed by atoms with Crippen LogP contribution in [0.2, 0.25) is 0 Å². The Labute approximate surface area is 217 Å². The number of nitrogens with zero attached hydrogens (tertiary/aromatic N) is 1. The van der Waals surface area contributed by atoms with E-state index in [1.54, 1.807) is 11.8 Å². The Balaban J connectivity index is 1.91. The number of rotatable bonds is 16. The molecule has 7 heteroatoms. The molecule has 3 amide bonds. The van der Waals surface area contributed by atoms with Gasteiger partial charge in [-0.25, -0.2) is 9.59 Å². The number of carbonyl (C=O) groups is 3. The molecule has 1 atom stereocenters. The fraction of sp³-hybridized carbons (Fsp3) is 0.621. The van der Waals surface area contributed by atoms with Crippen LogP contribution in [0.4, 0.5) is 10.5 Å². The van der Waals surface area contributed by atoms with Gasteiger partial charge in [0.15, 0.2) is 0 Å². The number of amides is 3. The van der Waals surface area contributed by atoms with E-state index in [4.69, 9.17) is 4.74 Å². The van der Waals surface area contributed by atoms with Gasteiger partial charge in [0.05, 0.1) is 18.7 Å². The van der Waals surface area contributed by atoms with E-state index < -0.39 is 12.0 Å². The summed E-state index contributed by atoms with van der Waals surface area (Å²) in [5.41, 5.74) is 2.50. The molecule has 36 heavy (non-hydrogen) atoms. The second-order valence-electron chi connectivity index (χ2n) is 9.63. The van der Waals surface area contributed by atoms with Crippen LogP contribution in [0, 0.1) is 0 Å². The first-order valence-electron chi connectivity index (χ1n) is 13.7. The third kappa shape index (κ3) is 8.99. The van der Waals surface area contributed by atoms with E-state index >= 15 is 0 Å². The van der Waals surface area contributed by atoms with Gasteiger partial charge < -0.3 is 15.4 Å². The summed E-state index contributed by atoms with van der Waals surface area (Å²) in [4.78, 5) is 39.3. The van der Waals surface area contributed by atoms with E-state index in [0.29, 0.717) is 29.9 Å². The first-order valence-corrected chi connectivity index (χ1v) is 13.7. The fourth-order valence-corrected chi connectivity index (χ4v) is 4.57. The maximum Gasteiger partial charge on any atom is 0.337 e. The van der Waals surface area contributed by atoms with Crippen LogP contribution >= 0.6 is 0 Å². The summed E-state index contributed by atoms with van der Waals surface area (Å²) in [7, 11) is 1.35. The van der Waals surface area contributed by atoms with Gasteiger partial charge in [-0.3, -0.25) is 9.69 Å². The number of allylic oxidation sites excluding steroid dienone is 1. The lowest BCUT2D eigenvalue weighted by molar-refractivity contribution is -0.136. The Morgan fingerprint density at radius 2 is 1.50 bits per heavy atom. The van der Waals surface area contributed by atoms with Gasteiger partial charge in [-0.15, -0.1) is 0 Å². The van der Waals surface area contributed by atoms with Crippen molar-refractivity contribution >= 4 is 23.6 Å². The highest BCUT2D eigenvalue weighted by Gasteiger charge is 2.35. The second kappa shape index (κ2) is 16.0. The van der Waals surface area contributed by atoms with Crippen LogP contribution in [0.15, 0.2) is 35.5 Å². The van der Waals surface area contributed by atoms with Gasteiger partial charge in [0.1, 0.15) is 0 Å². The van der Waals surface area contributed by atoms with Gasteiger partial charge in [-0.2, -0.15) is 0 Å². The Morgan fingerprint density at radius 1 is 0.917 bits per heavy atom. The number of urea groups is 1. The van der Waals surface area contributed by atoms with Gasteiger partial charge in [0.25, 0.3) is 0 Å². The highest BCUT2D eigenvalue weighted by molar-refractivity contribution is 5.95. The number of hydrogen-bond donors (Lipinski definition) is 2. The van der Waals surface area contributed by atoms with Gasteiger partial charge >= 0.3 is 12.0 Å². The lowest BCUT2D eigenvalue weighted by atomic mass is 9.94. The predicted octanol–water partition coefficient (Wildman–Crippen LogP) is 6.86. The van der Waals surface area contributed by atoms with E-state index in [2.05, 4.69) is 24.5 Å². The smallest absolute Gasteiger partial charge is 0.337 e. The number of nitrogens with one attached hydrogen (secondary N) is 2. The molecule has 7 nitrogen and oxygen atoms in total. The summed E-state index contributed by atoms with van der Waals surface area (Å²) in [5.74, 6) is -0.452. The molecule has 1 aromatic rings. The predicted molar refractivity (Wildman–Crippen MR) is 145 cm³/mol. The van der Waals surface area contributed by atoms with Crippen molar-refractivity contribution in [2.45, 2.75) is 104 Å². The quantitative estimate of drug-likeness (QED) is 0.192. The summed E-state index contributed by atoms with van der Waals surface area (Å²) < 4.78 is 5.03. The molecule has 0 radical (unpaired) electrons. The third-order valence-electron chi connectivity index (χ3n) is 6.77. The van der Waals surface area contributed by atoms with Crippen molar-refractivity contribution in [3.63, 3.8) is 0 Å². The zero-order chi connectivity index (χ0) is 26.3. The monoisotopic (exact) mass is 499 g/mol. The minimum absolute atomic E-state index is 0.00854. The van der Waals surface area contributed by atoms with Crippen LogP contribution in [0.25, 0.3) is 0 Å². The van der Waals surface area contributed by atoms with E-state index in [9.17, 15) is 14.4 Å². The van der Waals surface area contributed by atoms with Crippen molar-refractivity contribution < 1.29 is 19.1 Å². The fourth-order valence-electron chi connectivity index (χ4n) is 4.57. The third-order valence-corrected chi connectivity index (χ3v) is 6.77. The van der Waals surface area contributed by atoms with Crippen LogP contribution in [0.5, 0.6) is 0 Å². The van der Waals surface area contributed by atoms with Crippen molar-refractivity contribution in [1.29, 1.82) is 0 Å². The molecule has 1 aliphatic heterocycles. The molecular formula is C29H45N3O4. The highest BCUT2D eigenvalue weighted by Crippen LogP contribution is 2.32. The van der Waals surface area contributed by atoms with E-state index in [1.807, 2.05) is 24.3 Å². The Kier molecular flexibility index (Phi) is 13.1. The van der Waals surface area contributed by atoms with Gasteiger partial charge in [0.2, 0.25) is 5.91 Å². The molecule has 0 bridgehead atoms. The maximum atomic E-state index is 12.8. The molecule has 2 rings (SSSR count). The van der Waals surface area contributed by atoms with Crippen LogP contribution in [0.3, 0.4) is 0 Å². The van der Waals surface area contributed by atoms with Crippen molar-refractivity contribution in [2.75, 3.05) is 19.0 Å². The number of benzene rings is 1. The Morgan fingerprint density at radius 3 is 2.08 bits per heavy atom. The number of carbonyl (C=O) groups excluding carboxylic acids is 3. The number of ether oxygens (including phenoxy) is 1. The minimum Gasteiger partial charge on any atom is -0.466 e. The van der Waals surface area contributed by atoms with Gasteiger partial charge in [0, 0.05) is 24.4 Å². The molecule has 0 spiro atoms. The van der Waals surface area contributed by atoms with E-state index in [1.165, 1.54) is 52.1 Å². The van der Waals surface area contributed by atoms with Crippen molar-refractivity contribution in [2.24, 2.45) is 0 Å². The van der Waals surface area contributed by atoms with Crippen LogP contribution in [0.1, 0.15) is 109 Å². The number of methoxy groups -OCH3 is 1. The molecule has 0 saturated carbocycles. The van der Waals surface area contributed by atoms with Crippen LogP contribution in [-0.4, -0.2) is 36.5 Å². The second-order valence-corrected chi connectivity index (χ2v) is 9.63. The SMILES string of the molecule is CCCCCCCCCCCC(=O)Nc1ccc(C2NC(=O)N(CCCC)C(C)=C2C(=O)OC)cc1. The molecule has 0 saturated heterocycles. The normalized spacial score (nSPS) is 15.6. The number of anilines is 1. The van der Waals surface area contributed by atoms with Gasteiger partial charge in [-0.05, 0) is 37.5 Å². The molecule has 0 aromatic heterocycles. The summed E-state index contributed by atoms with van der Waals surface area (Å²) in [5, 5.41) is 5.90. The summed E-state index contributed by atoms with van der Waals surface area (Å²) in [6, 6.07) is 6.45. The molecule has 1 heterocycles. The standard InChI is InChI=1S/C29H45N3O4/c1-5-7-9-10-11-12-13-14-15-16-25(33)30-24-19-17-23(18-20-24)27-26(28(34)36-4)22(3)32(21-8-6-2)29(35)31-27/h17-20,27H,5-16,21H2,1-4H3,(H,30,33)(H,31,35). The Hall–Kier alpha value is -2.83. The van der Waals surface area contributed by atoms with Crippen molar-refractivity contribution in [3.8, 4) is 0 Å². The van der Waals surface area contributed by atoms with Crippen molar-refractivity contribution in [1.82, 2.24) is 10.2 Å². The first kappa shape index (κ1) is 29.4. The van der Waals surface area contributed by atoms with Crippen LogP contribution < -0.4 is 10.6 Å². The van der Waals surface area contributed by atoms with Gasteiger partial charge in [-0.1, -0.05) is 83.8 Å². The molecule has 0 aliphatic carbocycles. The van der Waals surface area contributed by atoms with Crippen LogP contribution in [-0.2, 0) is 14.3 Å². The van der Waals surface area contributed by atoms with Crippen molar-refractivity contribution in [3.05, 3.63) is 41.1 Å². The lowest BCUT2D eigenvalue weighted by Gasteiger charge is -2.35. The molecule has 1 aromatic carbocycles. The molecule has 2 N–H and O–H groups in total. The molecule has 1 aliphatic rings. The topological polar surface area (TPSA) is 87.7 Å². The molecular weight excluding hydrogens is 454 g/mol. The Bertz CT molecular complexity index is 879. The lowest BCUT2D eigenvalue weighted by Crippen LogP contribution is -2.48. The number of unbranched alkanes of at least 4 members (excludes halogenated alkanes) is 9. The minimum atomic E-state index is -0.602. The zero-order valence-electron chi connectivity index (χ0n) is 22.7. The average molecular weight is 500 g/mol. The molecule has 0 fully saturated rings. The maximum absolute atomic E-state index is 12.8. The number of esters is 1. The molecule has 1 unspecified atom stereocenters. The van der Waals surface area contributed by atoms with E-state index in [-0.39, 0.29) is 11.9 Å². The largest absolute Gasteiger partial charge is 0.466 e. The molecule has 200 valence electrons.